The summed E-state index contributed by atoms with van der Waals surface area (Å²) in [7, 11) is 0. The minimum absolute atomic E-state index is 0.0348. The van der Waals surface area contributed by atoms with E-state index in [1.165, 1.54) is 0 Å². The molecule has 2 fully saturated rings. The number of esters is 1. The second-order valence-corrected chi connectivity index (χ2v) is 8.90. The standard InChI is InChI=1S/C21H34O9/c1-9-6-15-13(11(3)20(27)29-15)5-4-12(9)14(23)7-10(2)28-21-19(26)18(25)17(24)16(8-22)30-21/h4,9-11,13-19,21-26H,5-8H2,1-3H3. The maximum absolute atomic E-state index is 11.8. The van der Waals surface area contributed by atoms with Gasteiger partial charge in [-0.05, 0) is 31.3 Å². The van der Waals surface area contributed by atoms with E-state index in [0.717, 1.165) is 5.57 Å². The van der Waals surface area contributed by atoms with Gasteiger partial charge < -0.3 is 39.7 Å². The van der Waals surface area contributed by atoms with Crippen molar-refractivity contribution in [3.05, 3.63) is 11.6 Å². The topological polar surface area (TPSA) is 146 Å². The number of aliphatic hydroxyl groups is 5. The highest BCUT2D eigenvalue weighted by Gasteiger charge is 2.45. The van der Waals surface area contributed by atoms with Crippen molar-refractivity contribution in [2.45, 2.75) is 89.1 Å². The molecule has 2 aliphatic heterocycles. The van der Waals surface area contributed by atoms with Gasteiger partial charge in [0.15, 0.2) is 6.29 Å². The maximum atomic E-state index is 11.8. The van der Waals surface area contributed by atoms with Gasteiger partial charge in [-0.3, -0.25) is 4.79 Å². The van der Waals surface area contributed by atoms with Crippen molar-refractivity contribution in [3.8, 4) is 0 Å². The highest BCUT2D eigenvalue weighted by atomic mass is 16.7. The Morgan fingerprint density at radius 1 is 1.20 bits per heavy atom. The van der Waals surface area contributed by atoms with Gasteiger partial charge in [-0.1, -0.05) is 19.9 Å². The van der Waals surface area contributed by atoms with Gasteiger partial charge >= 0.3 is 5.97 Å². The van der Waals surface area contributed by atoms with Crippen LogP contribution in [0, 0.1) is 17.8 Å². The first-order valence-electron chi connectivity index (χ1n) is 10.7. The number of carbonyl (C=O) groups is 1. The smallest absolute Gasteiger partial charge is 0.309 e. The van der Waals surface area contributed by atoms with Crippen LogP contribution in [0.5, 0.6) is 0 Å². The van der Waals surface area contributed by atoms with Crippen LogP contribution in [-0.4, -0.2) is 87.1 Å². The average Bonchev–Trinajstić information content (AvgIpc) is 2.85. The molecular formula is C21H34O9. The Labute approximate surface area is 176 Å². The zero-order valence-electron chi connectivity index (χ0n) is 17.6. The first-order valence-corrected chi connectivity index (χ1v) is 10.7. The van der Waals surface area contributed by atoms with Crippen LogP contribution in [0.3, 0.4) is 0 Å². The molecule has 172 valence electrons. The highest BCUT2D eigenvalue weighted by molar-refractivity contribution is 5.74. The minimum atomic E-state index is -1.51. The van der Waals surface area contributed by atoms with E-state index in [2.05, 4.69) is 0 Å². The number of hydrogen-bond acceptors (Lipinski definition) is 9. The van der Waals surface area contributed by atoms with Gasteiger partial charge in [0.2, 0.25) is 0 Å². The molecule has 11 unspecified atom stereocenters. The average molecular weight is 430 g/mol. The van der Waals surface area contributed by atoms with Gasteiger partial charge in [0.05, 0.1) is 24.7 Å². The third-order valence-electron chi connectivity index (χ3n) is 6.69. The van der Waals surface area contributed by atoms with Gasteiger partial charge in [-0.25, -0.2) is 0 Å². The zero-order chi connectivity index (χ0) is 22.2. The van der Waals surface area contributed by atoms with Gasteiger partial charge in [-0.2, -0.15) is 0 Å². The lowest BCUT2D eigenvalue weighted by Gasteiger charge is -2.40. The normalized spacial score (nSPS) is 43.9. The third kappa shape index (κ3) is 4.72. The number of aliphatic hydroxyl groups excluding tert-OH is 5. The summed E-state index contributed by atoms with van der Waals surface area (Å²) in [5, 5.41) is 50.0. The summed E-state index contributed by atoms with van der Waals surface area (Å²) >= 11 is 0. The van der Waals surface area contributed by atoms with Crippen LogP contribution >= 0.6 is 0 Å². The predicted octanol–water partition coefficient (Wildman–Crippen LogP) is -0.524. The lowest BCUT2D eigenvalue weighted by Crippen LogP contribution is -2.59. The number of rotatable bonds is 6. The molecule has 9 heteroatoms. The number of fused-ring (bicyclic) bond motifs is 1. The van der Waals surface area contributed by atoms with Gasteiger partial charge in [0.25, 0.3) is 0 Å². The minimum Gasteiger partial charge on any atom is -0.462 e. The van der Waals surface area contributed by atoms with Crippen molar-refractivity contribution in [2.75, 3.05) is 6.61 Å². The summed E-state index contributed by atoms with van der Waals surface area (Å²) < 4.78 is 16.5. The molecule has 0 amide bonds. The lowest BCUT2D eigenvalue weighted by molar-refractivity contribution is -0.311. The molecule has 2 heterocycles. The van der Waals surface area contributed by atoms with Gasteiger partial charge in [-0.15, -0.1) is 0 Å². The van der Waals surface area contributed by atoms with E-state index in [1.807, 2.05) is 19.9 Å². The molecular weight excluding hydrogens is 396 g/mol. The Bertz CT molecular complexity index is 636. The fourth-order valence-corrected chi connectivity index (χ4v) is 4.76. The first kappa shape index (κ1) is 23.6. The summed E-state index contributed by atoms with van der Waals surface area (Å²) in [6.45, 7) is 5.06. The maximum Gasteiger partial charge on any atom is 0.309 e. The Kier molecular flexibility index (Phi) is 7.55. The van der Waals surface area contributed by atoms with Crippen LogP contribution in [-0.2, 0) is 19.0 Å². The number of ether oxygens (including phenoxy) is 3. The summed E-state index contributed by atoms with van der Waals surface area (Å²) in [6, 6.07) is 0. The zero-order valence-corrected chi connectivity index (χ0v) is 17.6. The fourth-order valence-electron chi connectivity index (χ4n) is 4.76. The van der Waals surface area contributed by atoms with E-state index in [0.29, 0.717) is 12.8 Å². The predicted molar refractivity (Wildman–Crippen MR) is 104 cm³/mol. The van der Waals surface area contributed by atoms with E-state index in [-0.39, 0.29) is 36.2 Å². The van der Waals surface area contributed by atoms with Crippen LogP contribution in [0.1, 0.15) is 40.0 Å². The van der Waals surface area contributed by atoms with Crippen molar-refractivity contribution in [2.24, 2.45) is 17.8 Å². The quantitative estimate of drug-likeness (QED) is 0.277. The largest absolute Gasteiger partial charge is 0.462 e. The molecule has 0 aromatic rings. The fraction of sp³-hybridized carbons (Fsp3) is 0.857. The van der Waals surface area contributed by atoms with Crippen molar-refractivity contribution >= 4 is 5.97 Å². The molecule has 0 aromatic heterocycles. The van der Waals surface area contributed by atoms with Crippen LogP contribution < -0.4 is 0 Å². The van der Waals surface area contributed by atoms with E-state index < -0.39 is 49.5 Å². The van der Waals surface area contributed by atoms with Crippen LogP contribution in [0.25, 0.3) is 0 Å². The first-order chi connectivity index (χ1) is 14.1. The molecule has 0 bridgehead atoms. The summed E-state index contributed by atoms with van der Waals surface area (Å²) in [5.41, 5.74) is 0.872. The van der Waals surface area contributed by atoms with Crippen molar-refractivity contribution < 1.29 is 44.5 Å². The molecule has 0 saturated carbocycles. The molecule has 2 saturated heterocycles. The Morgan fingerprint density at radius 3 is 2.57 bits per heavy atom. The lowest BCUT2D eigenvalue weighted by atomic mass is 9.87. The van der Waals surface area contributed by atoms with E-state index in [4.69, 9.17) is 14.2 Å². The molecule has 0 spiro atoms. The molecule has 9 nitrogen and oxygen atoms in total. The van der Waals surface area contributed by atoms with E-state index in [9.17, 15) is 30.3 Å². The number of hydrogen-bond donors (Lipinski definition) is 5. The van der Waals surface area contributed by atoms with E-state index in [1.54, 1.807) is 6.92 Å². The van der Waals surface area contributed by atoms with Gasteiger partial charge in [0.1, 0.15) is 30.5 Å². The van der Waals surface area contributed by atoms with Crippen LogP contribution in [0.2, 0.25) is 0 Å². The molecule has 0 aromatic carbocycles. The molecule has 3 rings (SSSR count). The van der Waals surface area contributed by atoms with Crippen molar-refractivity contribution in [1.82, 2.24) is 0 Å². The molecule has 3 aliphatic rings. The molecule has 0 radical (unpaired) electrons. The van der Waals surface area contributed by atoms with Crippen LogP contribution in [0.4, 0.5) is 0 Å². The van der Waals surface area contributed by atoms with Gasteiger partial charge in [0, 0.05) is 12.3 Å². The van der Waals surface area contributed by atoms with E-state index >= 15 is 0 Å². The monoisotopic (exact) mass is 430 g/mol. The second kappa shape index (κ2) is 9.60. The highest BCUT2D eigenvalue weighted by Crippen LogP contribution is 2.40. The Balaban J connectivity index is 1.59. The molecule has 5 N–H and O–H groups in total. The summed E-state index contributed by atoms with van der Waals surface area (Å²) in [5.74, 6) is -0.153. The van der Waals surface area contributed by atoms with Crippen molar-refractivity contribution in [1.29, 1.82) is 0 Å². The van der Waals surface area contributed by atoms with Crippen LogP contribution in [0.15, 0.2) is 11.6 Å². The molecule has 11 atom stereocenters. The second-order valence-electron chi connectivity index (χ2n) is 8.90. The third-order valence-corrected chi connectivity index (χ3v) is 6.69. The Hall–Kier alpha value is -1.07. The summed E-state index contributed by atoms with van der Waals surface area (Å²) in [4.78, 5) is 11.8. The summed E-state index contributed by atoms with van der Waals surface area (Å²) in [6.07, 6.45) is -4.61. The SMILES string of the molecule is CC(CC(O)C1=CCC2C(CC1C)OC(=O)C2C)OC1OC(CO)C(O)C(O)C1O. The Morgan fingerprint density at radius 2 is 1.90 bits per heavy atom. The number of carbonyl (C=O) groups excluding carboxylic acids is 1. The van der Waals surface area contributed by atoms with Crippen molar-refractivity contribution in [3.63, 3.8) is 0 Å². The molecule has 1 aliphatic carbocycles. The number of allylic oxidation sites excluding steroid dienone is 1. The molecule has 30 heavy (non-hydrogen) atoms.